The first-order valence-corrected chi connectivity index (χ1v) is 3.54. The molecule has 0 atom stereocenters. The largest absolute Gasteiger partial charge is 0.465 e. The SMILES string of the molecule is O=C(CC(F)(F)F)OC(=O)C(F)(F)C(F)(F)F. The topological polar surface area (TPSA) is 43.4 Å². The van der Waals surface area contributed by atoms with Gasteiger partial charge in [-0.25, -0.2) is 4.79 Å². The van der Waals surface area contributed by atoms with E-state index in [0.29, 0.717) is 0 Å². The van der Waals surface area contributed by atoms with E-state index in [1.807, 2.05) is 0 Å². The lowest BCUT2D eigenvalue weighted by Gasteiger charge is -2.17. The number of carbonyl (C=O) groups excluding carboxylic acids is 2. The Morgan fingerprint density at radius 3 is 1.59 bits per heavy atom. The van der Waals surface area contributed by atoms with Gasteiger partial charge in [0.25, 0.3) is 0 Å². The Balaban J connectivity index is 4.62. The summed E-state index contributed by atoms with van der Waals surface area (Å²) in [5.41, 5.74) is 0. The summed E-state index contributed by atoms with van der Waals surface area (Å²) in [6.07, 6.45) is -14.0. The predicted octanol–water partition coefficient (Wildman–Crippen LogP) is 2.21. The van der Waals surface area contributed by atoms with Gasteiger partial charge in [0.05, 0.1) is 0 Å². The highest BCUT2D eigenvalue weighted by atomic mass is 19.4. The lowest BCUT2D eigenvalue weighted by Crippen LogP contribution is -2.46. The van der Waals surface area contributed by atoms with Crippen LogP contribution in [0.25, 0.3) is 0 Å². The van der Waals surface area contributed by atoms with Crippen LogP contribution >= 0.6 is 0 Å². The third-order valence-electron chi connectivity index (χ3n) is 1.16. The Labute approximate surface area is 87.3 Å². The molecule has 0 rings (SSSR count). The zero-order valence-electron chi connectivity index (χ0n) is 7.46. The molecule has 0 amide bonds. The summed E-state index contributed by atoms with van der Waals surface area (Å²) in [5.74, 6) is -12.0. The van der Waals surface area contributed by atoms with Crippen LogP contribution < -0.4 is 0 Å². The summed E-state index contributed by atoms with van der Waals surface area (Å²) < 4.78 is 95.8. The standard InChI is InChI=1S/C6H2F8O3/c7-4(8,9)1-2(15)17-3(16)5(10,11)6(12,13)14/h1H2. The van der Waals surface area contributed by atoms with Crippen molar-refractivity contribution >= 4 is 11.9 Å². The second-order valence-electron chi connectivity index (χ2n) is 2.63. The fraction of sp³-hybridized carbons (Fsp3) is 0.667. The summed E-state index contributed by atoms with van der Waals surface area (Å²) in [6, 6.07) is 0. The Morgan fingerprint density at radius 2 is 1.29 bits per heavy atom. The second kappa shape index (κ2) is 4.45. The van der Waals surface area contributed by atoms with Gasteiger partial charge in [-0.3, -0.25) is 4.79 Å². The van der Waals surface area contributed by atoms with E-state index in [-0.39, 0.29) is 0 Å². The maximum absolute atomic E-state index is 12.1. The second-order valence-corrected chi connectivity index (χ2v) is 2.63. The van der Waals surface area contributed by atoms with E-state index in [1.165, 1.54) is 0 Å². The van der Waals surface area contributed by atoms with Gasteiger partial charge in [-0.2, -0.15) is 35.1 Å². The molecule has 0 saturated carbocycles. The molecule has 0 spiro atoms. The van der Waals surface area contributed by atoms with Crippen LogP contribution in [0, 0.1) is 0 Å². The van der Waals surface area contributed by atoms with E-state index in [9.17, 15) is 44.7 Å². The fourth-order valence-electron chi connectivity index (χ4n) is 0.483. The van der Waals surface area contributed by atoms with Crippen LogP contribution in [0.2, 0.25) is 0 Å². The average molecular weight is 274 g/mol. The van der Waals surface area contributed by atoms with Crippen LogP contribution in [0.4, 0.5) is 35.1 Å². The highest BCUT2D eigenvalue weighted by molar-refractivity contribution is 5.90. The van der Waals surface area contributed by atoms with Gasteiger partial charge in [-0.1, -0.05) is 0 Å². The highest BCUT2D eigenvalue weighted by Gasteiger charge is 2.65. The summed E-state index contributed by atoms with van der Waals surface area (Å²) >= 11 is 0. The van der Waals surface area contributed by atoms with Crippen molar-refractivity contribution in [2.24, 2.45) is 0 Å². The average Bonchev–Trinajstić information content (AvgIpc) is 1.97. The van der Waals surface area contributed by atoms with Crippen LogP contribution in [0.3, 0.4) is 0 Å². The number of ether oxygens (including phenoxy) is 1. The van der Waals surface area contributed by atoms with Crippen molar-refractivity contribution in [2.75, 3.05) is 0 Å². The third kappa shape index (κ3) is 4.53. The zero-order chi connectivity index (χ0) is 14.1. The van der Waals surface area contributed by atoms with E-state index in [4.69, 9.17) is 0 Å². The van der Waals surface area contributed by atoms with Crippen molar-refractivity contribution in [1.82, 2.24) is 0 Å². The van der Waals surface area contributed by atoms with Gasteiger partial charge in [0.2, 0.25) is 0 Å². The minimum absolute atomic E-state index is 2.45. The molecule has 0 aliphatic rings. The van der Waals surface area contributed by atoms with Gasteiger partial charge in [0.1, 0.15) is 6.42 Å². The van der Waals surface area contributed by atoms with Crippen molar-refractivity contribution in [3.8, 4) is 0 Å². The number of hydrogen-bond donors (Lipinski definition) is 0. The molecule has 0 saturated heterocycles. The van der Waals surface area contributed by atoms with E-state index < -0.39 is 36.6 Å². The van der Waals surface area contributed by atoms with Crippen molar-refractivity contribution in [2.45, 2.75) is 24.7 Å². The van der Waals surface area contributed by atoms with Crippen molar-refractivity contribution in [1.29, 1.82) is 0 Å². The summed E-state index contributed by atoms with van der Waals surface area (Å²) in [4.78, 5) is 20.3. The lowest BCUT2D eigenvalue weighted by molar-refractivity contribution is -0.279. The number of rotatable bonds is 2. The molecule has 0 bridgehead atoms. The molecule has 0 N–H and O–H groups in total. The van der Waals surface area contributed by atoms with Gasteiger partial charge < -0.3 is 4.74 Å². The Bertz CT molecular complexity index is 314. The van der Waals surface area contributed by atoms with Crippen LogP contribution in [-0.4, -0.2) is 30.2 Å². The molecule has 0 aliphatic heterocycles. The van der Waals surface area contributed by atoms with Crippen molar-refractivity contribution in [3.63, 3.8) is 0 Å². The molecule has 0 aromatic rings. The summed E-state index contributed by atoms with van der Waals surface area (Å²) in [6.45, 7) is 0. The quantitative estimate of drug-likeness (QED) is 0.440. The minimum atomic E-state index is -6.36. The molecule has 100 valence electrons. The number of hydrogen-bond acceptors (Lipinski definition) is 3. The minimum Gasteiger partial charge on any atom is -0.388 e. The predicted molar refractivity (Wildman–Crippen MR) is 32.8 cm³/mol. The fourth-order valence-corrected chi connectivity index (χ4v) is 0.483. The number of esters is 2. The van der Waals surface area contributed by atoms with Crippen LogP contribution in [-0.2, 0) is 14.3 Å². The van der Waals surface area contributed by atoms with E-state index in [2.05, 4.69) is 4.74 Å². The molecule has 17 heavy (non-hydrogen) atoms. The normalized spacial score (nSPS) is 13.4. The maximum Gasteiger partial charge on any atom is 0.465 e. The molecular formula is C6H2F8O3. The van der Waals surface area contributed by atoms with E-state index in [0.717, 1.165) is 0 Å². The molecule has 0 unspecified atom stereocenters. The van der Waals surface area contributed by atoms with Crippen LogP contribution in [0.15, 0.2) is 0 Å². The molecule has 0 aromatic heterocycles. The molecule has 0 aliphatic carbocycles. The van der Waals surface area contributed by atoms with Gasteiger partial charge in [0, 0.05) is 0 Å². The Hall–Kier alpha value is -1.42. The first-order valence-electron chi connectivity index (χ1n) is 3.54. The molecular weight excluding hydrogens is 272 g/mol. The van der Waals surface area contributed by atoms with Gasteiger partial charge in [0.15, 0.2) is 0 Å². The monoisotopic (exact) mass is 274 g/mol. The smallest absolute Gasteiger partial charge is 0.388 e. The van der Waals surface area contributed by atoms with E-state index in [1.54, 1.807) is 0 Å². The van der Waals surface area contributed by atoms with E-state index >= 15 is 0 Å². The van der Waals surface area contributed by atoms with Crippen molar-refractivity contribution < 1.29 is 49.4 Å². The first kappa shape index (κ1) is 15.6. The van der Waals surface area contributed by atoms with Crippen LogP contribution in [0.5, 0.6) is 0 Å². The zero-order valence-corrected chi connectivity index (χ0v) is 7.46. The molecule has 0 fully saturated rings. The highest BCUT2D eigenvalue weighted by Crippen LogP contribution is 2.36. The maximum atomic E-state index is 12.1. The Morgan fingerprint density at radius 1 is 0.882 bits per heavy atom. The Kier molecular flexibility index (Phi) is 4.08. The first-order chi connectivity index (χ1) is 7.27. The van der Waals surface area contributed by atoms with Crippen molar-refractivity contribution in [3.05, 3.63) is 0 Å². The number of halogens is 8. The molecule has 0 heterocycles. The molecule has 0 radical (unpaired) electrons. The molecule has 11 heteroatoms. The molecule has 3 nitrogen and oxygen atoms in total. The number of alkyl halides is 8. The summed E-state index contributed by atoms with van der Waals surface area (Å²) in [5, 5.41) is 0. The lowest BCUT2D eigenvalue weighted by atomic mass is 10.3. The van der Waals surface area contributed by atoms with Gasteiger partial charge in [-0.15, -0.1) is 0 Å². The van der Waals surface area contributed by atoms with Gasteiger partial charge in [-0.05, 0) is 0 Å². The van der Waals surface area contributed by atoms with Crippen LogP contribution in [0.1, 0.15) is 6.42 Å². The summed E-state index contributed by atoms with van der Waals surface area (Å²) in [7, 11) is 0. The van der Waals surface area contributed by atoms with Gasteiger partial charge >= 0.3 is 30.2 Å². The third-order valence-corrected chi connectivity index (χ3v) is 1.16. The molecule has 0 aromatic carbocycles. The number of carbonyl (C=O) groups is 2.